The van der Waals surface area contributed by atoms with E-state index in [4.69, 9.17) is 23.2 Å². The second-order valence-corrected chi connectivity index (χ2v) is 7.69. The number of hydrogen-bond acceptors (Lipinski definition) is 4. The summed E-state index contributed by atoms with van der Waals surface area (Å²) in [5.41, 5.74) is 0.483. The van der Waals surface area contributed by atoms with E-state index < -0.39 is 30.1 Å². The van der Waals surface area contributed by atoms with Crippen LogP contribution >= 0.6 is 23.2 Å². The summed E-state index contributed by atoms with van der Waals surface area (Å²) in [7, 11) is 0. The fourth-order valence-electron chi connectivity index (χ4n) is 3.29. The highest BCUT2D eigenvalue weighted by atomic mass is 35.5. The molecule has 1 aliphatic rings. The number of hydrogen-bond donors (Lipinski definition) is 1. The molecule has 0 radical (unpaired) electrons. The quantitative estimate of drug-likeness (QED) is 0.651. The third-order valence-corrected chi connectivity index (χ3v) is 5.49. The second-order valence-electron chi connectivity index (χ2n) is 6.87. The molecule has 1 amide bonds. The molecule has 0 saturated carbocycles. The Kier molecular flexibility index (Phi) is 7.15. The summed E-state index contributed by atoms with van der Waals surface area (Å²) in [6.45, 7) is 0.803. The van der Waals surface area contributed by atoms with Crippen molar-refractivity contribution in [2.24, 2.45) is 0 Å². The van der Waals surface area contributed by atoms with Gasteiger partial charge in [0.25, 0.3) is 5.91 Å². The lowest BCUT2D eigenvalue weighted by Crippen LogP contribution is -2.42. The van der Waals surface area contributed by atoms with Gasteiger partial charge >= 0.3 is 6.18 Å². The van der Waals surface area contributed by atoms with E-state index in [-0.39, 0.29) is 22.2 Å². The molecule has 1 fully saturated rings. The number of benzene rings is 1. The van der Waals surface area contributed by atoms with Crippen LogP contribution in [-0.2, 0) is 6.18 Å². The molecule has 1 aliphatic heterocycles. The number of carbonyl (C=O) groups is 1. The number of aromatic nitrogens is 2. The molecule has 1 aromatic carbocycles. The number of nitrogens with zero attached hydrogens (tertiary/aromatic N) is 3. The van der Waals surface area contributed by atoms with Crippen LogP contribution in [0.25, 0.3) is 0 Å². The van der Waals surface area contributed by atoms with E-state index in [1.54, 1.807) is 6.07 Å². The van der Waals surface area contributed by atoms with Gasteiger partial charge in [0.1, 0.15) is 6.17 Å². The number of amides is 1. The van der Waals surface area contributed by atoms with Crippen LogP contribution in [0, 0.1) is 0 Å². The van der Waals surface area contributed by atoms with Crippen molar-refractivity contribution in [3.05, 3.63) is 57.6 Å². The van der Waals surface area contributed by atoms with Gasteiger partial charge in [0.05, 0.1) is 21.7 Å². The molecule has 3 rings (SSSR count). The zero-order valence-electron chi connectivity index (χ0n) is 15.6. The summed E-state index contributed by atoms with van der Waals surface area (Å²) in [5, 5.41) is 3.06. The van der Waals surface area contributed by atoms with Crippen LogP contribution in [0.2, 0.25) is 10.0 Å². The number of carbonyl (C=O) groups excluding carboxylic acids is 1. The van der Waals surface area contributed by atoms with Gasteiger partial charge in [-0.15, -0.1) is 0 Å². The molecule has 5 nitrogen and oxygen atoms in total. The largest absolute Gasteiger partial charge is 0.451 e. The monoisotopic (exact) mass is 464 g/mol. The number of nitrogens with one attached hydrogen (secondary N) is 1. The SMILES string of the molecule is O=C(NCC(c1cnc(C(F)(F)F)nc1)N1CCC(F)CC1)c1c(Cl)cccc1Cl. The van der Waals surface area contributed by atoms with Gasteiger partial charge in [0, 0.05) is 37.6 Å². The Balaban J connectivity index is 1.80. The van der Waals surface area contributed by atoms with Crippen molar-refractivity contribution >= 4 is 29.1 Å². The van der Waals surface area contributed by atoms with Crippen molar-refractivity contribution in [2.75, 3.05) is 19.6 Å². The van der Waals surface area contributed by atoms with Crippen molar-refractivity contribution in [1.29, 1.82) is 0 Å². The number of rotatable bonds is 5. The fourth-order valence-corrected chi connectivity index (χ4v) is 3.86. The normalized spacial score (nSPS) is 17.0. The van der Waals surface area contributed by atoms with Gasteiger partial charge in [-0.2, -0.15) is 13.2 Å². The highest BCUT2D eigenvalue weighted by molar-refractivity contribution is 6.39. The molecule has 30 heavy (non-hydrogen) atoms. The minimum Gasteiger partial charge on any atom is -0.350 e. The van der Waals surface area contributed by atoms with Gasteiger partial charge in [-0.1, -0.05) is 29.3 Å². The first-order valence-electron chi connectivity index (χ1n) is 9.16. The smallest absolute Gasteiger partial charge is 0.350 e. The first kappa shape index (κ1) is 22.7. The number of halogens is 6. The van der Waals surface area contributed by atoms with Crippen molar-refractivity contribution in [3.63, 3.8) is 0 Å². The number of piperidine rings is 1. The molecular formula is C19H18Cl2F4N4O. The van der Waals surface area contributed by atoms with Crippen LogP contribution < -0.4 is 5.32 Å². The third kappa shape index (κ3) is 5.39. The van der Waals surface area contributed by atoms with E-state index in [0.717, 1.165) is 12.4 Å². The van der Waals surface area contributed by atoms with Gasteiger partial charge < -0.3 is 5.32 Å². The lowest BCUT2D eigenvalue weighted by atomic mass is 10.0. The fraction of sp³-hybridized carbons (Fsp3) is 0.421. The Morgan fingerprint density at radius 2 is 1.73 bits per heavy atom. The molecule has 162 valence electrons. The van der Waals surface area contributed by atoms with E-state index in [2.05, 4.69) is 15.3 Å². The Morgan fingerprint density at radius 3 is 2.27 bits per heavy atom. The summed E-state index contributed by atoms with van der Waals surface area (Å²) < 4.78 is 51.9. The second kappa shape index (κ2) is 9.45. The number of alkyl halides is 4. The topological polar surface area (TPSA) is 58.1 Å². The van der Waals surface area contributed by atoms with Crippen molar-refractivity contribution < 1.29 is 22.4 Å². The Bertz CT molecular complexity index is 867. The average molecular weight is 465 g/mol. The molecule has 1 aromatic heterocycles. The van der Waals surface area contributed by atoms with Crippen molar-refractivity contribution in [2.45, 2.75) is 31.2 Å². The van der Waals surface area contributed by atoms with Gasteiger partial charge in [0.15, 0.2) is 0 Å². The summed E-state index contributed by atoms with van der Waals surface area (Å²) in [6, 6.07) is 4.11. The minimum absolute atomic E-state index is 0.0338. The van der Waals surface area contributed by atoms with E-state index in [1.165, 1.54) is 12.1 Å². The predicted molar refractivity (Wildman–Crippen MR) is 104 cm³/mol. The maximum Gasteiger partial charge on any atom is 0.451 e. The van der Waals surface area contributed by atoms with E-state index in [0.29, 0.717) is 31.5 Å². The maximum absolute atomic E-state index is 13.6. The standard InChI is InChI=1S/C19H18Cl2F4N4O/c20-13-2-1-3-14(21)16(13)17(30)26-10-15(29-6-4-12(22)5-7-29)11-8-27-18(28-9-11)19(23,24)25/h1-3,8-9,12,15H,4-7,10H2,(H,26,30). The molecule has 2 heterocycles. The predicted octanol–water partition coefficient (Wildman–Crippen LogP) is 4.71. The zero-order valence-corrected chi connectivity index (χ0v) is 17.1. The molecule has 1 unspecified atom stereocenters. The number of likely N-dealkylation sites (tertiary alicyclic amines) is 1. The van der Waals surface area contributed by atoms with Crippen molar-refractivity contribution in [3.8, 4) is 0 Å². The molecule has 2 aromatic rings. The summed E-state index contributed by atoms with van der Waals surface area (Å²) in [5.74, 6) is -1.77. The van der Waals surface area contributed by atoms with E-state index >= 15 is 0 Å². The third-order valence-electron chi connectivity index (χ3n) is 4.86. The zero-order chi connectivity index (χ0) is 21.9. The highest BCUT2D eigenvalue weighted by Gasteiger charge is 2.35. The maximum atomic E-state index is 13.6. The molecule has 0 spiro atoms. The van der Waals surface area contributed by atoms with Crippen LogP contribution in [-0.4, -0.2) is 46.6 Å². The van der Waals surface area contributed by atoms with Gasteiger partial charge in [0.2, 0.25) is 5.82 Å². The van der Waals surface area contributed by atoms with E-state index in [1.807, 2.05) is 4.90 Å². The molecular weight excluding hydrogens is 447 g/mol. The van der Waals surface area contributed by atoms with Gasteiger partial charge in [-0.3, -0.25) is 9.69 Å². The van der Waals surface area contributed by atoms with E-state index in [9.17, 15) is 22.4 Å². The molecule has 1 atom stereocenters. The van der Waals surface area contributed by atoms with Crippen LogP contribution in [0.5, 0.6) is 0 Å². The van der Waals surface area contributed by atoms with Gasteiger partial charge in [-0.05, 0) is 25.0 Å². The first-order chi connectivity index (χ1) is 14.2. The van der Waals surface area contributed by atoms with Crippen LogP contribution in [0.15, 0.2) is 30.6 Å². The van der Waals surface area contributed by atoms with Gasteiger partial charge in [-0.25, -0.2) is 14.4 Å². The molecule has 11 heteroatoms. The summed E-state index contributed by atoms with van der Waals surface area (Å²) >= 11 is 12.1. The Morgan fingerprint density at radius 1 is 1.17 bits per heavy atom. The Labute approximate surface area is 180 Å². The lowest BCUT2D eigenvalue weighted by Gasteiger charge is -2.35. The summed E-state index contributed by atoms with van der Waals surface area (Å²) in [6.07, 6.45) is -2.84. The lowest BCUT2D eigenvalue weighted by molar-refractivity contribution is -0.145. The first-order valence-corrected chi connectivity index (χ1v) is 9.92. The van der Waals surface area contributed by atoms with Crippen molar-refractivity contribution in [1.82, 2.24) is 20.2 Å². The summed E-state index contributed by atoms with van der Waals surface area (Å²) in [4.78, 5) is 21.3. The van der Waals surface area contributed by atoms with Crippen LogP contribution in [0.3, 0.4) is 0 Å². The molecule has 0 aliphatic carbocycles. The van der Waals surface area contributed by atoms with Crippen LogP contribution in [0.4, 0.5) is 17.6 Å². The molecule has 0 bridgehead atoms. The molecule has 1 N–H and O–H groups in total. The highest BCUT2D eigenvalue weighted by Crippen LogP contribution is 2.29. The Hall–Kier alpha value is -1.97. The molecule has 1 saturated heterocycles. The average Bonchev–Trinajstić information content (AvgIpc) is 2.69. The van der Waals surface area contributed by atoms with Crippen LogP contribution in [0.1, 0.15) is 40.6 Å². The minimum atomic E-state index is -4.66.